The molecule has 3 nitrogen and oxygen atoms in total. The molecule has 0 aromatic carbocycles. The number of rotatable bonds is 4. The maximum Gasteiger partial charge on any atom is 0.333 e. The molecular formula is C9H14O3. The van der Waals surface area contributed by atoms with Gasteiger partial charge in [0, 0.05) is 5.57 Å². The van der Waals surface area contributed by atoms with E-state index in [0.717, 1.165) is 25.0 Å². The summed E-state index contributed by atoms with van der Waals surface area (Å²) in [6.45, 7) is 2.77. The molecule has 1 rings (SSSR count). The summed E-state index contributed by atoms with van der Waals surface area (Å²) in [5, 5.41) is 0. The quantitative estimate of drug-likeness (QED) is 0.362. The van der Waals surface area contributed by atoms with Gasteiger partial charge in [0.05, 0.1) is 19.8 Å². The lowest BCUT2D eigenvalue weighted by Gasteiger charge is -2.00. The first-order chi connectivity index (χ1) is 5.77. The van der Waals surface area contributed by atoms with Crippen molar-refractivity contribution in [1.29, 1.82) is 0 Å². The van der Waals surface area contributed by atoms with Crippen LogP contribution in [0.1, 0.15) is 19.8 Å². The van der Waals surface area contributed by atoms with E-state index in [1.54, 1.807) is 0 Å². The fourth-order valence-corrected chi connectivity index (χ4v) is 0.981. The number of esters is 1. The number of epoxide rings is 1. The van der Waals surface area contributed by atoms with Gasteiger partial charge in [-0.25, -0.2) is 4.79 Å². The van der Waals surface area contributed by atoms with Crippen LogP contribution in [-0.2, 0) is 14.3 Å². The van der Waals surface area contributed by atoms with E-state index < -0.39 is 0 Å². The van der Waals surface area contributed by atoms with Crippen LogP contribution in [0.25, 0.3) is 0 Å². The predicted octanol–water partition coefficient (Wildman–Crippen LogP) is 1.28. The van der Waals surface area contributed by atoms with E-state index in [9.17, 15) is 4.79 Å². The van der Waals surface area contributed by atoms with Crippen LogP contribution in [0.5, 0.6) is 0 Å². The molecule has 0 amide bonds. The Morgan fingerprint density at radius 2 is 2.42 bits per heavy atom. The van der Waals surface area contributed by atoms with Crippen LogP contribution in [0.4, 0.5) is 0 Å². The highest BCUT2D eigenvalue weighted by Gasteiger charge is 2.21. The van der Waals surface area contributed by atoms with Gasteiger partial charge in [0.2, 0.25) is 0 Å². The molecule has 0 spiro atoms. The van der Waals surface area contributed by atoms with Gasteiger partial charge in [0.1, 0.15) is 0 Å². The Kier molecular flexibility index (Phi) is 3.29. The average Bonchev–Trinajstić information content (AvgIpc) is 2.88. The van der Waals surface area contributed by atoms with Crippen molar-refractivity contribution in [2.45, 2.75) is 25.9 Å². The summed E-state index contributed by atoms with van der Waals surface area (Å²) >= 11 is 0. The Hall–Kier alpha value is -0.830. The summed E-state index contributed by atoms with van der Waals surface area (Å²) in [5.74, 6) is -0.224. The first kappa shape index (κ1) is 9.26. The van der Waals surface area contributed by atoms with Crippen molar-refractivity contribution in [3.8, 4) is 0 Å². The molecule has 0 saturated carbocycles. The molecular weight excluding hydrogens is 156 g/mol. The molecule has 1 aliphatic heterocycles. The predicted molar refractivity (Wildman–Crippen MR) is 44.7 cm³/mol. The first-order valence-corrected chi connectivity index (χ1v) is 4.16. The zero-order chi connectivity index (χ0) is 8.97. The van der Waals surface area contributed by atoms with Crippen molar-refractivity contribution in [1.82, 2.24) is 0 Å². The summed E-state index contributed by atoms with van der Waals surface area (Å²) in [5.41, 5.74) is 0.744. The van der Waals surface area contributed by atoms with Gasteiger partial charge in [-0.2, -0.15) is 0 Å². The number of carbonyl (C=O) groups excluding carboxylic acids is 1. The van der Waals surface area contributed by atoms with E-state index in [1.165, 1.54) is 7.11 Å². The highest BCUT2D eigenvalue weighted by atomic mass is 16.6. The molecule has 1 unspecified atom stereocenters. The van der Waals surface area contributed by atoms with Crippen molar-refractivity contribution >= 4 is 5.97 Å². The standard InChI is InChI=1S/C9H14O3/c1-3-7(9(10)11-2)4-5-8-6-12-8/h4,8H,3,5-6H2,1-2H3. The second-order valence-corrected chi connectivity index (χ2v) is 2.77. The minimum Gasteiger partial charge on any atom is -0.466 e. The van der Waals surface area contributed by atoms with Gasteiger partial charge in [0.25, 0.3) is 0 Å². The second-order valence-electron chi connectivity index (χ2n) is 2.77. The Bertz CT molecular complexity index is 192. The first-order valence-electron chi connectivity index (χ1n) is 4.16. The van der Waals surface area contributed by atoms with E-state index in [4.69, 9.17) is 4.74 Å². The van der Waals surface area contributed by atoms with Gasteiger partial charge in [0.15, 0.2) is 0 Å². The average molecular weight is 170 g/mol. The molecule has 3 heteroatoms. The number of methoxy groups -OCH3 is 1. The Labute approximate surface area is 72.4 Å². The van der Waals surface area contributed by atoms with Crippen LogP contribution < -0.4 is 0 Å². The normalized spacial score (nSPS) is 22.2. The van der Waals surface area contributed by atoms with Crippen molar-refractivity contribution in [3.63, 3.8) is 0 Å². The molecule has 1 fully saturated rings. The van der Waals surface area contributed by atoms with Gasteiger partial charge in [-0.3, -0.25) is 0 Å². The van der Waals surface area contributed by atoms with Crippen LogP contribution in [0.2, 0.25) is 0 Å². The van der Waals surface area contributed by atoms with E-state index in [1.807, 2.05) is 13.0 Å². The van der Waals surface area contributed by atoms with Gasteiger partial charge in [-0.05, 0) is 12.8 Å². The van der Waals surface area contributed by atoms with Gasteiger partial charge < -0.3 is 9.47 Å². The van der Waals surface area contributed by atoms with Crippen molar-refractivity contribution in [3.05, 3.63) is 11.6 Å². The highest BCUT2D eigenvalue weighted by Crippen LogP contribution is 2.16. The second kappa shape index (κ2) is 4.26. The van der Waals surface area contributed by atoms with Gasteiger partial charge >= 0.3 is 5.97 Å². The van der Waals surface area contributed by atoms with Gasteiger partial charge in [-0.15, -0.1) is 0 Å². The number of hydrogen-bond donors (Lipinski definition) is 0. The Balaban J connectivity index is 2.40. The van der Waals surface area contributed by atoms with E-state index in [2.05, 4.69) is 4.74 Å². The SMILES string of the molecule is CCC(=CCC1CO1)C(=O)OC. The molecule has 0 N–H and O–H groups in total. The van der Waals surface area contributed by atoms with Crippen LogP contribution in [-0.4, -0.2) is 25.8 Å². The molecule has 0 aromatic heterocycles. The summed E-state index contributed by atoms with van der Waals surface area (Å²) in [6, 6.07) is 0. The zero-order valence-corrected chi connectivity index (χ0v) is 7.50. The molecule has 1 saturated heterocycles. The summed E-state index contributed by atoms with van der Waals surface area (Å²) < 4.78 is 9.63. The smallest absolute Gasteiger partial charge is 0.333 e. The van der Waals surface area contributed by atoms with E-state index >= 15 is 0 Å². The third-order valence-electron chi connectivity index (χ3n) is 1.86. The topological polar surface area (TPSA) is 38.8 Å². The fraction of sp³-hybridized carbons (Fsp3) is 0.667. The third kappa shape index (κ3) is 2.66. The lowest BCUT2D eigenvalue weighted by atomic mass is 10.1. The third-order valence-corrected chi connectivity index (χ3v) is 1.86. The Morgan fingerprint density at radius 3 is 2.83 bits per heavy atom. The summed E-state index contributed by atoms with van der Waals surface area (Å²) in [7, 11) is 1.40. The molecule has 0 radical (unpaired) electrons. The molecule has 1 atom stereocenters. The zero-order valence-electron chi connectivity index (χ0n) is 7.50. The molecule has 1 heterocycles. The fourth-order valence-electron chi connectivity index (χ4n) is 0.981. The molecule has 0 aliphatic carbocycles. The monoisotopic (exact) mass is 170 g/mol. The lowest BCUT2D eigenvalue weighted by Crippen LogP contribution is -2.04. The van der Waals surface area contributed by atoms with Crippen LogP contribution in [0.3, 0.4) is 0 Å². The molecule has 0 bridgehead atoms. The maximum absolute atomic E-state index is 11.0. The molecule has 12 heavy (non-hydrogen) atoms. The Morgan fingerprint density at radius 1 is 1.75 bits per heavy atom. The van der Waals surface area contributed by atoms with Crippen molar-refractivity contribution in [2.24, 2.45) is 0 Å². The summed E-state index contributed by atoms with van der Waals surface area (Å²) in [4.78, 5) is 11.0. The number of ether oxygens (including phenoxy) is 2. The van der Waals surface area contributed by atoms with Gasteiger partial charge in [-0.1, -0.05) is 13.0 Å². The molecule has 1 aliphatic rings. The van der Waals surface area contributed by atoms with Crippen molar-refractivity contribution in [2.75, 3.05) is 13.7 Å². The lowest BCUT2D eigenvalue weighted by molar-refractivity contribution is -0.136. The van der Waals surface area contributed by atoms with E-state index in [0.29, 0.717) is 6.10 Å². The molecule has 0 aromatic rings. The van der Waals surface area contributed by atoms with Crippen LogP contribution in [0, 0.1) is 0 Å². The van der Waals surface area contributed by atoms with E-state index in [-0.39, 0.29) is 5.97 Å². The molecule has 68 valence electrons. The number of carbonyl (C=O) groups is 1. The summed E-state index contributed by atoms with van der Waals surface area (Å²) in [6.07, 6.45) is 3.80. The maximum atomic E-state index is 11.0. The minimum atomic E-state index is -0.224. The largest absolute Gasteiger partial charge is 0.466 e. The number of hydrogen-bond acceptors (Lipinski definition) is 3. The van der Waals surface area contributed by atoms with Crippen LogP contribution in [0.15, 0.2) is 11.6 Å². The van der Waals surface area contributed by atoms with Crippen molar-refractivity contribution < 1.29 is 14.3 Å². The minimum absolute atomic E-state index is 0.224. The highest BCUT2D eigenvalue weighted by molar-refractivity contribution is 5.88. The van der Waals surface area contributed by atoms with Crippen LogP contribution >= 0.6 is 0 Å².